The molecule has 1 N–H and O–H groups in total. The van der Waals surface area contributed by atoms with Crippen molar-refractivity contribution in [1.82, 2.24) is 19.4 Å². The van der Waals surface area contributed by atoms with Crippen LogP contribution in [0.3, 0.4) is 0 Å². The van der Waals surface area contributed by atoms with Gasteiger partial charge in [-0.25, -0.2) is 9.78 Å². The van der Waals surface area contributed by atoms with Crippen LogP contribution in [-0.2, 0) is 6.54 Å². The van der Waals surface area contributed by atoms with Crippen molar-refractivity contribution in [2.75, 3.05) is 13.1 Å². The fourth-order valence-electron chi connectivity index (χ4n) is 3.53. The highest BCUT2D eigenvalue weighted by Crippen LogP contribution is 2.25. The summed E-state index contributed by atoms with van der Waals surface area (Å²) in [6.07, 6.45) is 3.78. The fourth-order valence-corrected chi connectivity index (χ4v) is 3.64. The quantitative estimate of drug-likeness (QED) is 0.744. The maximum Gasteiger partial charge on any atom is 0.326 e. The lowest BCUT2D eigenvalue weighted by molar-refractivity contribution is 0.180. The molecule has 124 valence electrons. The second-order valence-corrected chi connectivity index (χ2v) is 6.70. The molecule has 0 unspecified atom stereocenters. The summed E-state index contributed by atoms with van der Waals surface area (Å²) in [5, 5.41) is 0.524. The van der Waals surface area contributed by atoms with E-state index in [1.54, 1.807) is 0 Å². The number of piperidine rings is 1. The van der Waals surface area contributed by atoms with Crippen LogP contribution in [0.2, 0.25) is 5.15 Å². The molecule has 5 nitrogen and oxygen atoms in total. The van der Waals surface area contributed by atoms with Crippen LogP contribution in [0.5, 0.6) is 0 Å². The second-order valence-electron chi connectivity index (χ2n) is 6.31. The molecule has 1 fully saturated rings. The van der Waals surface area contributed by atoms with E-state index >= 15 is 0 Å². The average Bonchev–Trinajstić information content (AvgIpc) is 2.93. The van der Waals surface area contributed by atoms with Crippen LogP contribution < -0.4 is 5.69 Å². The lowest BCUT2D eigenvalue weighted by atomic mass is 10.0. The molecule has 0 bridgehead atoms. The molecule has 3 aromatic rings. The predicted molar refractivity (Wildman–Crippen MR) is 95.4 cm³/mol. The zero-order valence-electron chi connectivity index (χ0n) is 13.3. The Morgan fingerprint density at radius 3 is 2.71 bits per heavy atom. The predicted octanol–water partition coefficient (Wildman–Crippen LogP) is 3.22. The molecule has 4 rings (SSSR count). The minimum atomic E-state index is -0.00319. The topological polar surface area (TPSA) is 53.9 Å². The van der Waals surface area contributed by atoms with Crippen molar-refractivity contribution in [2.45, 2.75) is 25.4 Å². The first-order valence-electron chi connectivity index (χ1n) is 8.23. The smallest absolute Gasteiger partial charge is 0.306 e. The first-order chi connectivity index (χ1) is 11.7. The highest BCUT2D eigenvalue weighted by molar-refractivity contribution is 6.29. The SMILES string of the molecule is O=c1[nH]c2ccccc2n1C1CCN(Cc2ccc(Cl)nc2)CC1. The standard InChI is InChI=1S/C18H19ClN4O/c19-17-6-5-13(11-20-17)12-22-9-7-14(8-10-22)23-16-4-2-1-3-15(16)21-18(23)24/h1-6,11,14H,7-10,12H2,(H,21,24). The number of rotatable bonds is 3. The molecule has 0 atom stereocenters. The number of aromatic amines is 1. The molecule has 0 amide bonds. The lowest BCUT2D eigenvalue weighted by Gasteiger charge is -2.32. The maximum absolute atomic E-state index is 12.3. The number of aromatic nitrogens is 3. The summed E-state index contributed by atoms with van der Waals surface area (Å²) >= 11 is 5.83. The zero-order chi connectivity index (χ0) is 16.5. The molecular formula is C18H19ClN4O. The van der Waals surface area contributed by atoms with Crippen molar-refractivity contribution >= 4 is 22.6 Å². The number of pyridine rings is 1. The molecule has 6 heteroatoms. The molecule has 1 aromatic carbocycles. The number of fused-ring (bicyclic) bond motifs is 1. The minimum Gasteiger partial charge on any atom is -0.306 e. The average molecular weight is 343 g/mol. The molecule has 1 saturated heterocycles. The first-order valence-corrected chi connectivity index (χ1v) is 8.60. The Morgan fingerprint density at radius 2 is 1.96 bits per heavy atom. The Bertz CT molecular complexity index is 891. The van der Waals surface area contributed by atoms with Gasteiger partial charge in [0.15, 0.2) is 0 Å². The summed E-state index contributed by atoms with van der Waals surface area (Å²) in [5.41, 5.74) is 3.08. The third kappa shape index (κ3) is 2.97. The Kier molecular flexibility index (Phi) is 4.12. The van der Waals surface area contributed by atoms with E-state index in [4.69, 9.17) is 11.6 Å². The molecule has 0 spiro atoms. The van der Waals surface area contributed by atoms with E-state index in [2.05, 4.69) is 14.9 Å². The Morgan fingerprint density at radius 1 is 1.17 bits per heavy atom. The van der Waals surface area contributed by atoms with Crippen LogP contribution in [0.25, 0.3) is 11.0 Å². The number of likely N-dealkylation sites (tertiary alicyclic amines) is 1. The summed E-state index contributed by atoms with van der Waals surface area (Å²) in [7, 11) is 0. The summed E-state index contributed by atoms with van der Waals surface area (Å²) in [4.78, 5) is 21.8. The van der Waals surface area contributed by atoms with E-state index in [0.717, 1.165) is 43.5 Å². The summed E-state index contributed by atoms with van der Waals surface area (Å²) < 4.78 is 1.93. The minimum absolute atomic E-state index is 0.00319. The van der Waals surface area contributed by atoms with Crippen molar-refractivity contribution in [3.8, 4) is 0 Å². The second kappa shape index (κ2) is 6.42. The molecular weight excluding hydrogens is 324 g/mol. The van der Waals surface area contributed by atoms with Crippen molar-refractivity contribution in [2.24, 2.45) is 0 Å². The van der Waals surface area contributed by atoms with Crippen LogP contribution >= 0.6 is 11.6 Å². The van der Waals surface area contributed by atoms with Gasteiger partial charge in [0.05, 0.1) is 11.0 Å². The number of nitrogens with one attached hydrogen (secondary N) is 1. The van der Waals surface area contributed by atoms with E-state index in [-0.39, 0.29) is 11.7 Å². The monoisotopic (exact) mass is 342 g/mol. The van der Waals surface area contributed by atoms with Crippen molar-refractivity contribution in [3.05, 3.63) is 63.8 Å². The van der Waals surface area contributed by atoms with Crippen LogP contribution in [0.15, 0.2) is 47.4 Å². The van der Waals surface area contributed by atoms with Crippen LogP contribution in [-0.4, -0.2) is 32.5 Å². The molecule has 2 aromatic heterocycles. The van der Waals surface area contributed by atoms with E-state index in [1.807, 2.05) is 47.2 Å². The molecule has 0 saturated carbocycles. The number of benzene rings is 1. The van der Waals surface area contributed by atoms with E-state index in [9.17, 15) is 4.79 Å². The van der Waals surface area contributed by atoms with Crippen molar-refractivity contribution in [1.29, 1.82) is 0 Å². The van der Waals surface area contributed by atoms with Gasteiger partial charge >= 0.3 is 5.69 Å². The lowest BCUT2D eigenvalue weighted by Crippen LogP contribution is -2.36. The Labute approximate surface area is 144 Å². The van der Waals surface area contributed by atoms with Gasteiger partial charge in [-0.3, -0.25) is 9.47 Å². The van der Waals surface area contributed by atoms with E-state index in [0.29, 0.717) is 5.15 Å². The van der Waals surface area contributed by atoms with Crippen LogP contribution in [0, 0.1) is 0 Å². The van der Waals surface area contributed by atoms with Gasteiger partial charge in [0.25, 0.3) is 0 Å². The molecule has 3 heterocycles. The molecule has 0 aliphatic carbocycles. The van der Waals surface area contributed by atoms with Gasteiger partial charge < -0.3 is 4.98 Å². The fraction of sp³-hybridized carbons (Fsp3) is 0.333. The normalized spacial score (nSPS) is 16.7. The van der Waals surface area contributed by atoms with Gasteiger partial charge in [-0.1, -0.05) is 29.8 Å². The van der Waals surface area contributed by atoms with Crippen LogP contribution in [0.4, 0.5) is 0 Å². The summed E-state index contributed by atoms with van der Waals surface area (Å²) in [6.45, 7) is 2.82. The number of hydrogen-bond donors (Lipinski definition) is 1. The van der Waals surface area contributed by atoms with Gasteiger partial charge in [0, 0.05) is 31.9 Å². The van der Waals surface area contributed by atoms with Crippen molar-refractivity contribution in [3.63, 3.8) is 0 Å². The Balaban J connectivity index is 1.46. The number of hydrogen-bond acceptors (Lipinski definition) is 3. The zero-order valence-corrected chi connectivity index (χ0v) is 14.0. The summed E-state index contributed by atoms with van der Waals surface area (Å²) in [5.74, 6) is 0. The molecule has 1 aliphatic heterocycles. The van der Waals surface area contributed by atoms with Gasteiger partial charge in [-0.2, -0.15) is 0 Å². The maximum atomic E-state index is 12.3. The van der Waals surface area contributed by atoms with Gasteiger partial charge in [-0.05, 0) is 36.6 Å². The number of halogens is 1. The molecule has 1 aliphatic rings. The van der Waals surface area contributed by atoms with Crippen molar-refractivity contribution < 1.29 is 0 Å². The Hall–Kier alpha value is -2.11. The highest BCUT2D eigenvalue weighted by Gasteiger charge is 2.23. The third-order valence-electron chi connectivity index (χ3n) is 4.74. The van der Waals surface area contributed by atoms with Gasteiger partial charge in [0.1, 0.15) is 5.15 Å². The number of imidazole rings is 1. The van der Waals surface area contributed by atoms with Gasteiger partial charge in [0.2, 0.25) is 0 Å². The highest BCUT2D eigenvalue weighted by atomic mass is 35.5. The first kappa shape index (κ1) is 15.4. The molecule has 0 radical (unpaired) electrons. The number of nitrogens with zero attached hydrogens (tertiary/aromatic N) is 3. The number of H-pyrrole nitrogens is 1. The van der Waals surface area contributed by atoms with Gasteiger partial charge in [-0.15, -0.1) is 0 Å². The largest absolute Gasteiger partial charge is 0.326 e. The third-order valence-corrected chi connectivity index (χ3v) is 4.96. The van der Waals surface area contributed by atoms with Crippen LogP contribution in [0.1, 0.15) is 24.4 Å². The molecule has 24 heavy (non-hydrogen) atoms. The van der Waals surface area contributed by atoms with E-state index in [1.165, 1.54) is 5.56 Å². The van der Waals surface area contributed by atoms with E-state index < -0.39 is 0 Å². The summed E-state index contributed by atoms with van der Waals surface area (Å²) in [6, 6.07) is 12.0. The number of para-hydroxylation sites is 2.